The SMILES string of the molecule is CCCCN(c1ccc(C)cc1)C(C(=O)OC(C)C)C(C)C.O=C=O. The molecule has 0 aliphatic carbocycles. The van der Waals surface area contributed by atoms with Gasteiger partial charge in [0.2, 0.25) is 0 Å². The fourth-order valence-corrected chi connectivity index (χ4v) is 2.55. The minimum absolute atomic E-state index is 0.0835. The van der Waals surface area contributed by atoms with Crippen LogP contribution >= 0.6 is 0 Å². The highest BCUT2D eigenvalue weighted by molar-refractivity contribution is 5.80. The van der Waals surface area contributed by atoms with Crippen LogP contribution in [0.5, 0.6) is 0 Å². The van der Waals surface area contributed by atoms with Crippen molar-refractivity contribution in [2.45, 2.75) is 66.5 Å². The molecule has 1 rings (SSSR count). The van der Waals surface area contributed by atoms with Gasteiger partial charge >= 0.3 is 12.1 Å². The average Bonchev–Trinajstić information content (AvgIpc) is 2.51. The first-order valence-corrected chi connectivity index (χ1v) is 8.81. The van der Waals surface area contributed by atoms with Crippen LogP contribution in [-0.2, 0) is 19.1 Å². The van der Waals surface area contributed by atoms with Gasteiger partial charge in [0.1, 0.15) is 6.04 Å². The Bertz CT molecular complexity index is 531. The molecule has 0 saturated carbocycles. The van der Waals surface area contributed by atoms with Crippen molar-refractivity contribution in [2.75, 3.05) is 11.4 Å². The van der Waals surface area contributed by atoms with Crippen molar-refractivity contribution >= 4 is 17.8 Å². The van der Waals surface area contributed by atoms with Gasteiger partial charge in [-0.2, -0.15) is 9.59 Å². The zero-order valence-corrected chi connectivity index (χ0v) is 16.2. The van der Waals surface area contributed by atoms with Gasteiger partial charge in [-0.3, -0.25) is 0 Å². The van der Waals surface area contributed by atoms with Crippen molar-refractivity contribution < 1.29 is 19.1 Å². The van der Waals surface area contributed by atoms with E-state index in [9.17, 15) is 4.79 Å². The topological polar surface area (TPSA) is 63.7 Å². The molecule has 0 saturated heterocycles. The van der Waals surface area contributed by atoms with Gasteiger partial charge in [-0.1, -0.05) is 44.9 Å². The van der Waals surface area contributed by atoms with Crippen LogP contribution in [0.15, 0.2) is 24.3 Å². The summed E-state index contributed by atoms with van der Waals surface area (Å²) in [5, 5.41) is 0. The van der Waals surface area contributed by atoms with Crippen LogP contribution in [0.2, 0.25) is 0 Å². The van der Waals surface area contributed by atoms with Gasteiger partial charge in [0.15, 0.2) is 0 Å². The maximum Gasteiger partial charge on any atom is 0.373 e. The second-order valence-electron chi connectivity index (χ2n) is 6.64. The summed E-state index contributed by atoms with van der Waals surface area (Å²) in [5.41, 5.74) is 2.32. The summed E-state index contributed by atoms with van der Waals surface area (Å²) in [7, 11) is 0. The van der Waals surface area contributed by atoms with Gasteiger partial charge in [0, 0.05) is 12.2 Å². The first kappa shape index (κ1) is 22.9. The van der Waals surface area contributed by atoms with Crippen LogP contribution in [0.1, 0.15) is 53.0 Å². The molecule has 0 heterocycles. The van der Waals surface area contributed by atoms with Gasteiger partial charge in [0.05, 0.1) is 6.10 Å². The largest absolute Gasteiger partial charge is 0.461 e. The summed E-state index contributed by atoms with van der Waals surface area (Å²) < 4.78 is 5.50. The molecule has 1 aromatic carbocycles. The normalized spacial score (nSPS) is 11.4. The molecule has 5 nitrogen and oxygen atoms in total. The Morgan fingerprint density at radius 3 is 2.04 bits per heavy atom. The number of rotatable bonds is 8. The summed E-state index contributed by atoms with van der Waals surface area (Å²) in [4.78, 5) is 31.0. The summed E-state index contributed by atoms with van der Waals surface area (Å²) in [6, 6.07) is 8.15. The van der Waals surface area contributed by atoms with Crippen LogP contribution < -0.4 is 4.90 Å². The van der Waals surface area contributed by atoms with Crippen molar-refractivity contribution in [3.63, 3.8) is 0 Å². The molecule has 0 aliphatic rings. The van der Waals surface area contributed by atoms with E-state index in [1.54, 1.807) is 0 Å². The van der Waals surface area contributed by atoms with Crippen LogP contribution in [0.4, 0.5) is 5.69 Å². The fraction of sp³-hybridized carbons (Fsp3) is 0.600. The van der Waals surface area contributed by atoms with Crippen molar-refractivity contribution in [2.24, 2.45) is 5.92 Å². The molecule has 0 radical (unpaired) electrons. The summed E-state index contributed by atoms with van der Waals surface area (Å²) in [6.45, 7) is 13.1. The molecule has 0 aliphatic heterocycles. The number of esters is 1. The van der Waals surface area contributed by atoms with Crippen molar-refractivity contribution in [1.82, 2.24) is 0 Å². The molecule has 0 aromatic heterocycles. The fourth-order valence-electron chi connectivity index (χ4n) is 2.55. The number of anilines is 1. The maximum atomic E-state index is 12.6. The van der Waals surface area contributed by atoms with Gasteiger partial charge in [0.25, 0.3) is 0 Å². The van der Waals surface area contributed by atoms with E-state index in [0.717, 1.165) is 25.1 Å². The number of aryl methyl sites for hydroxylation is 1. The third-order valence-electron chi connectivity index (χ3n) is 3.68. The lowest BCUT2D eigenvalue weighted by Gasteiger charge is -2.35. The van der Waals surface area contributed by atoms with Crippen molar-refractivity contribution in [1.29, 1.82) is 0 Å². The Hall–Kier alpha value is -2.13. The first-order chi connectivity index (χ1) is 11.8. The molecule has 0 N–H and O–H groups in total. The van der Waals surface area contributed by atoms with E-state index in [-0.39, 0.29) is 30.2 Å². The number of unbranched alkanes of at least 4 members (excludes halogenated alkanes) is 1. The molecule has 1 atom stereocenters. The molecule has 140 valence electrons. The van der Waals surface area contributed by atoms with Gasteiger partial charge in [-0.25, -0.2) is 4.79 Å². The molecular formula is C20H31NO4. The predicted molar refractivity (Wildman–Crippen MR) is 98.3 cm³/mol. The highest BCUT2D eigenvalue weighted by Gasteiger charge is 2.31. The molecule has 5 heteroatoms. The smallest absolute Gasteiger partial charge is 0.373 e. The number of benzene rings is 1. The highest BCUT2D eigenvalue weighted by atomic mass is 16.5. The van der Waals surface area contributed by atoms with E-state index < -0.39 is 0 Å². The second-order valence-corrected chi connectivity index (χ2v) is 6.64. The monoisotopic (exact) mass is 349 g/mol. The van der Waals surface area contributed by atoms with E-state index in [4.69, 9.17) is 14.3 Å². The van der Waals surface area contributed by atoms with E-state index in [0.29, 0.717) is 0 Å². The third-order valence-corrected chi connectivity index (χ3v) is 3.68. The minimum atomic E-state index is -0.239. The molecule has 1 unspecified atom stereocenters. The average molecular weight is 349 g/mol. The molecule has 0 bridgehead atoms. The maximum absolute atomic E-state index is 12.6. The Morgan fingerprint density at radius 1 is 1.12 bits per heavy atom. The van der Waals surface area contributed by atoms with Crippen molar-refractivity contribution in [3.05, 3.63) is 29.8 Å². The van der Waals surface area contributed by atoms with Gasteiger partial charge in [-0.15, -0.1) is 0 Å². The predicted octanol–water partition coefficient (Wildman–Crippen LogP) is 3.99. The van der Waals surface area contributed by atoms with E-state index in [1.165, 1.54) is 5.56 Å². The van der Waals surface area contributed by atoms with E-state index in [1.807, 2.05) is 13.8 Å². The summed E-state index contributed by atoms with van der Waals surface area (Å²) in [5.74, 6) is 0.0751. The molecule has 0 spiro atoms. The number of hydrogen-bond acceptors (Lipinski definition) is 5. The van der Waals surface area contributed by atoms with Gasteiger partial charge < -0.3 is 9.64 Å². The number of ether oxygens (including phenoxy) is 1. The lowest BCUT2D eigenvalue weighted by Crippen LogP contribution is -2.47. The van der Waals surface area contributed by atoms with Crippen LogP contribution in [0, 0.1) is 12.8 Å². The molecular weight excluding hydrogens is 318 g/mol. The van der Waals surface area contributed by atoms with Crippen LogP contribution in [0.25, 0.3) is 0 Å². The Morgan fingerprint density at radius 2 is 1.64 bits per heavy atom. The standard InChI is InChI=1S/C19H31NO2.CO2/c1-7-8-13-20(17-11-9-16(6)10-12-17)18(14(2)3)19(21)22-15(4)5;2-1-3/h9-12,14-15,18H,7-8,13H2,1-6H3;. The number of nitrogens with zero attached hydrogens (tertiary/aromatic N) is 1. The first-order valence-electron chi connectivity index (χ1n) is 8.81. The number of carbonyl (C=O) groups is 1. The number of carbonyl (C=O) groups excluding carboxylic acids is 3. The Balaban J connectivity index is 0.00000178. The zero-order valence-electron chi connectivity index (χ0n) is 16.2. The number of hydrogen-bond donors (Lipinski definition) is 0. The second kappa shape index (κ2) is 12.3. The van der Waals surface area contributed by atoms with Crippen LogP contribution in [-0.4, -0.2) is 30.8 Å². The minimum Gasteiger partial charge on any atom is -0.461 e. The quantitative estimate of drug-likeness (QED) is 0.664. The van der Waals surface area contributed by atoms with Crippen LogP contribution in [0.3, 0.4) is 0 Å². The molecule has 0 fully saturated rings. The zero-order chi connectivity index (χ0) is 19.4. The third kappa shape index (κ3) is 8.50. The molecule has 25 heavy (non-hydrogen) atoms. The summed E-state index contributed by atoms with van der Waals surface area (Å²) >= 11 is 0. The highest BCUT2D eigenvalue weighted by Crippen LogP contribution is 2.24. The van der Waals surface area contributed by atoms with Crippen molar-refractivity contribution in [3.8, 4) is 0 Å². The van der Waals surface area contributed by atoms with E-state index in [2.05, 4.69) is 56.9 Å². The Labute approximate surface area is 151 Å². The van der Waals surface area contributed by atoms with Gasteiger partial charge in [-0.05, 0) is 45.2 Å². The summed E-state index contributed by atoms with van der Waals surface area (Å²) in [6.07, 6.45) is 2.33. The van der Waals surface area contributed by atoms with E-state index >= 15 is 0 Å². The lowest BCUT2D eigenvalue weighted by atomic mass is 10.0. The lowest BCUT2D eigenvalue weighted by molar-refractivity contribution is -0.191. The molecule has 0 amide bonds. The Kier molecular flexibility index (Phi) is 11.2. The molecule has 1 aromatic rings.